The van der Waals surface area contributed by atoms with E-state index in [1.165, 1.54) is 0 Å². The molecule has 0 bridgehead atoms. The first-order chi connectivity index (χ1) is 8.08. The van der Waals surface area contributed by atoms with Gasteiger partial charge in [0.2, 0.25) is 0 Å². The van der Waals surface area contributed by atoms with E-state index in [1.807, 2.05) is 6.92 Å². The molecule has 1 aromatic rings. The van der Waals surface area contributed by atoms with Gasteiger partial charge < -0.3 is 5.32 Å². The monoisotopic (exact) mass is 313 g/mol. The average Bonchev–Trinajstić information content (AvgIpc) is 2.31. The molecule has 1 amide bonds. The molecular formula is C13H13BrClNO. The minimum Gasteiger partial charge on any atom is -0.338 e. The lowest BCUT2D eigenvalue weighted by molar-refractivity contribution is 0.0944. The maximum Gasteiger partial charge on any atom is 0.253 e. The van der Waals surface area contributed by atoms with Crippen molar-refractivity contribution < 1.29 is 4.79 Å². The van der Waals surface area contributed by atoms with Gasteiger partial charge in [-0.2, -0.15) is 0 Å². The Labute approximate surface area is 115 Å². The van der Waals surface area contributed by atoms with Gasteiger partial charge >= 0.3 is 0 Å². The molecule has 1 rings (SSSR count). The molecule has 1 atom stereocenters. The van der Waals surface area contributed by atoms with Crippen LogP contribution in [0.3, 0.4) is 0 Å². The Hall–Kier alpha value is -0.980. The second-order valence-corrected chi connectivity index (χ2v) is 4.93. The van der Waals surface area contributed by atoms with E-state index in [2.05, 4.69) is 27.2 Å². The van der Waals surface area contributed by atoms with E-state index in [-0.39, 0.29) is 11.9 Å². The number of rotatable bonds is 4. The third-order valence-corrected chi connectivity index (χ3v) is 3.08. The van der Waals surface area contributed by atoms with Crippen LogP contribution in [0.2, 0.25) is 5.02 Å². The van der Waals surface area contributed by atoms with Crippen LogP contribution in [0.1, 0.15) is 30.1 Å². The molecule has 0 spiro atoms. The lowest BCUT2D eigenvalue weighted by Gasteiger charge is -2.12. The Balaban J connectivity index is 2.83. The number of hydrogen-bond acceptors (Lipinski definition) is 1. The number of carbonyl (C=O) groups is 1. The number of carbonyl (C=O) groups excluding carboxylic acids is 1. The molecule has 0 aliphatic carbocycles. The fraction of sp³-hybridized carbons (Fsp3) is 0.308. The lowest BCUT2D eigenvalue weighted by Crippen LogP contribution is -2.33. The van der Waals surface area contributed by atoms with Crippen LogP contribution in [0.15, 0.2) is 22.7 Å². The van der Waals surface area contributed by atoms with Crippen molar-refractivity contribution >= 4 is 33.4 Å². The van der Waals surface area contributed by atoms with Gasteiger partial charge in [0, 0.05) is 4.47 Å². The lowest BCUT2D eigenvalue weighted by atomic mass is 10.1. The molecule has 1 N–H and O–H groups in total. The SMILES string of the molecule is C#CC(CCC)NC(=O)c1cc(Br)ccc1Cl. The van der Waals surface area contributed by atoms with Crippen LogP contribution in [-0.2, 0) is 0 Å². The van der Waals surface area contributed by atoms with Gasteiger partial charge in [-0.1, -0.05) is 46.8 Å². The second kappa shape index (κ2) is 6.68. The van der Waals surface area contributed by atoms with Crippen molar-refractivity contribution in [3.63, 3.8) is 0 Å². The zero-order chi connectivity index (χ0) is 12.8. The summed E-state index contributed by atoms with van der Waals surface area (Å²) in [6.07, 6.45) is 7.02. The van der Waals surface area contributed by atoms with Crippen LogP contribution < -0.4 is 5.32 Å². The van der Waals surface area contributed by atoms with Crippen LogP contribution in [-0.4, -0.2) is 11.9 Å². The van der Waals surface area contributed by atoms with Crippen LogP contribution in [0.4, 0.5) is 0 Å². The largest absolute Gasteiger partial charge is 0.338 e. The zero-order valence-corrected chi connectivity index (χ0v) is 11.8. The van der Waals surface area contributed by atoms with Gasteiger partial charge in [0.1, 0.15) is 0 Å². The molecule has 1 unspecified atom stereocenters. The molecule has 0 radical (unpaired) electrons. The summed E-state index contributed by atoms with van der Waals surface area (Å²) < 4.78 is 0.805. The van der Waals surface area contributed by atoms with Crippen molar-refractivity contribution in [2.45, 2.75) is 25.8 Å². The maximum absolute atomic E-state index is 11.9. The molecule has 1 aromatic carbocycles. The first-order valence-corrected chi connectivity index (χ1v) is 6.47. The standard InChI is InChI=1S/C13H13BrClNO/c1-3-5-10(4-2)16-13(17)11-8-9(14)6-7-12(11)15/h2,6-8,10H,3,5H2,1H3,(H,16,17). The van der Waals surface area contributed by atoms with E-state index in [4.69, 9.17) is 18.0 Å². The number of hydrogen-bond donors (Lipinski definition) is 1. The van der Waals surface area contributed by atoms with Crippen molar-refractivity contribution in [1.29, 1.82) is 0 Å². The van der Waals surface area contributed by atoms with Crippen molar-refractivity contribution in [3.8, 4) is 12.3 Å². The smallest absolute Gasteiger partial charge is 0.253 e. The predicted molar refractivity (Wildman–Crippen MR) is 74.1 cm³/mol. The molecule has 0 aromatic heterocycles. The highest BCUT2D eigenvalue weighted by atomic mass is 79.9. The van der Waals surface area contributed by atoms with Crippen LogP contribution in [0.5, 0.6) is 0 Å². The molecule has 0 saturated carbocycles. The highest BCUT2D eigenvalue weighted by Gasteiger charge is 2.14. The van der Waals surface area contributed by atoms with Crippen molar-refractivity contribution in [1.82, 2.24) is 5.32 Å². The summed E-state index contributed by atoms with van der Waals surface area (Å²) in [5, 5.41) is 3.19. The first kappa shape index (κ1) is 14.1. The van der Waals surface area contributed by atoms with E-state index in [1.54, 1.807) is 18.2 Å². The molecule has 0 heterocycles. The molecule has 0 fully saturated rings. The number of nitrogens with one attached hydrogen (secondary N) is 1. The Morgan fingerprint density at radius 2 is 2.35 bits per heavy atom. The topological polar surface area (TPSA) is 29.1 Å². The Kier molecular flexibility index (Phi) is 5.54. The number of terminal acetylenes is 1. The predicted octanol–water partition coefficient (Wildman–Crippen LogP) is 3.63. The third kappa shape index (κ3) is 4.07. The summed E-state index contributed by atoms with van der Waals surface area (Å²) in [5.74, 6) is 2.31. The van der Waals surface area contributed by atoms with Crippen molar-refractivity contribution in [3.05, 3.63) is 33.3 Å². The first-order valence-electron chi connectivity index (χ1n) is 5.30. The number of amides is 1. The maximum atomic E-state index is 11.9. The van der Waals surface area contributed by atoms with Gasteiger partial charge in [-0.15, -0.1) is 6.42 Å². The van der Waals surface area contributed by atoms with E-state index < -0.39 is 0 Å². The van der Waals surface area contributed by atoms with Gasteiger partial charge in [0.05, 0.1) is 16.6 Å². The highest BCUT2D eigenvalue weighted by Crippen LogP contribution is 2.21. The summed E-state index contributed by atoms with van der Waals surface area (Å²) in [7, 11) is 0. The fourth-order valence-corrected chi connectivity index (χ4v) is 1.96. The van der Waals surface area contributed by atoms with Gasteiger partial charge in [-0.25, -0.2) is 0 Å². The Morgan fingerprint density at radius 1 is 1.65 bits per heavy atom. The summed E-state index contributed by atoms with van der Waals surface area (Å²) in [4.78, 5) is 11.9. The summed E-state index contributed by atoms with van der Waals surface area (Å²) in [6.45, 7) is 2.02. The Morgan fingerprint density at radius 3 is 2.94 bits per heavy atom. The van der Waals surface area contributed by atoms with E-state index in [9.17, 15) is 4.79 Å². The molecule has 2 nitrogen and oxygen atoms in total. The van der Waals surface area contributed by atoms with Gasteiger partial charge in [0.15, 0.2) is 0 Å². The quantitative estimate of drug-likeness (QED) is 0.845. The van der Waals surface area contributed by atoms with E-state index in [0.29, 0.717) is 10.6 Å². The summed E-state index contributed by atoms with van der Waals surface area (Å²) in [6, 6.07) is 4.88. The molecule has 17 heavy (non-hydrogen) atoms. The molecule has 0 saturated heterocycles. The van der Waals surface area contributed by atoms with E-state index in [0.717, 1.165) is 17.3 Å². The minimum atomic E-state index is -0.248. The van der Waals surface area contributed by atoms with Gasteiger partial charge in [-0.05, 0) is 24.6 Å². The Bertz CT molecular complexity index is 453. The number of benzene rings is 1. The van der Waals surface area contributed by atoms with Gasteiger partial charge in [-0.3, -0.25) is 4.79 Å². The summed E-state index contributed by atoms with van der Waals surface area (Å²) in [5.41, 5.74) is 0.428. The highest BCUT2D eigenvalue weighted by molar-refractivity contribution is 9.10. The third-order valence-electron chi connectivity index (χ3n) is 2.26. The molecule has 0 aliphatic rings. The second-order valence-electron chi connectivity index (χ2n) is 3.61. The molecule has 0 aliphatic heterocycles. The summed E-state index contributed by atoms with van der Waals surface area (Å²) >= 11 is 9.26. The molecule has 90 valence electrons. The van der Waals surface area contributed by atoms with Crippen LogP contribution >= 0.6 is 27.5 Å². The van der Waals surface area contributed by atoms with Gasteiger partial charge in [0.25, 0.3) is 5.91 Å². The van der Waals surface area contributed by atoms with Crippen LogP contribution in [0.25, 0.3) is 0 Å². The zero-order valence-electron chi connectivity index (χ0n) is 9.47. The van der Waals surface area contributed by atoms with E-state index >= 15 is 0 Å². The van der Waals surface area contributed by atoms with Crippen molar-refractivity contribution in [2.75, 3.05) is 0 Å². The average molecular weight is 315 g/mol. The molecule has 4 heteroatoms. The van der Waals surface area contributed by atoms with Crippen LogP contribution in [0, 0.1) is 12.3 Å². The van der Waals surface area contributed by atoms with Crippen molar-refractivity contribution in [2.24, 2.45) is 0 Å². The molecular weight excluding hydrogens is 302 g/mol. The normalized spacial score (nSPS) is 11.6. The minimum absolute atomic E-state index is 0.243. The number of halogens is 2. The fourth-order valence-electron chi connectivity index (χ4n) is 1.39.